The molecule has 2 amide bonds. The Morgan fingerprint density at radius 2 is 1.74 bits per heavy atom. The molecule has 0 bridgehead atoms. The van der Waals surface area contributed by atoms with E-state index in [-0.39, 0.29) is 35.1 Å². The predicted octanol–water partition coefficient (Wildman–Crippen LogP) is 4.55. The van der Waals surface area contributed by atoms with Gasteiger partial charge in [-0.25, -0.2) is 13.2 Å². The van der Waals surface area contributed by atoms with Gasteiger partial charge in [-0.05, 0) is 43.9 Å². The number of carbonyl (C=O) groups is 2. The first-order chi connectivity index (χ1) is 17.8. The molecule has 0 unspecified atom stereocenters. The maximum atomic E-state index is 13.6. The number of rotatable bonds is 6. The van der Waals surface area contributed by atoms with Crippen LogP contribution in [0.3, 0.4) is 0 Å². The molecule has 4 rings (SSSR count). The zero-order chi connectivity index (χ0) is 27.7. The zero-order valence-corrected chi connectivity index (χ0v) is 24.0. The van der Waals surface area contributed by atoms with E-state index in [0.29, 0.717) is 5.17 Å². The summed E-state index contributed by atoms with van der Waals surface area (Å²) in [6.45, 7) is 9.42. The Labute approximate surface area is 229 Å². The fourth-order valence-electron chi connectivity index (χ4n) is 4.71. The van der Waals surface area contributed by atoms with E-state index in [1.54, 1.807) is 20.8 Å². The molecule has 0 saturated carbocycles. The Morgan fingerprint density at radius 3 is 2.39 bits per heavy atom. The maximum Gasteiger partial charge on any atom is 0.408 e. The highest BCUT2D eigenvalue weighted by Crippen LogP contribution is 2.43. The highest BCUT2D eigenvalue weighted by atomic mass is 32.2. The van der Waals surface area contributed by atoms with Crippen LogP contribution >= 0.6 is 11.8 Å². The highest BCUT2D eigenvalue weighted by molar-refractivity contribution is 8.16. The molecule has 2 aromatic rings. The van der Waals surface area contributed by atoms with Crippen molar-refractivity contribution < 1.29 is 22.7 Å². The van der Waals surface area contributed by atoms with Crippen LogP contribution in [0.25, 0.3) is 0 Å². The number of alkyl carbamates (subject to hydrolysis) is 1. The van der Waals surface area contributed by atoms with Crippen LogP contribution in [-0.2, 0) is 25.8 Å². The van der Waals surface area contributed by atoms with Crippen LogP contribution in [0.15, 0.2) is 59.6 Å². The van der Waals surface area contributed by atoms with Crippen molar-refractivity contribution in [3.8, 4) is 0 Å². The lowest BCUT2D eigenvalue weighted by molar-refractivity contribution is -0.119. The van der Waals surface area contributed by atoms with E-state index >= 15 is 0 Å². The Balaban J connectivity index is 1.69. The third kappa shape index (κ3) is 6.77. The summed E-state index contributed by atoms with van der Waals surface area (Å²) in [6, 6.07) is 15.9. The number of nitrogens with zero attached hydrogens (tertiary/aromatic N) is 2. The van der Waals surface area contributed by atoms with Crippen LogP contribution in [0.5, 0.6) is 0 Å². The molecule has 2 aromatic carbocycles. The second-order valence-corrected chi connectivity index (χ2v) is 14.4. The van der Waals surface area contributed by atoms with Gasteiger partial charge in [-0.1, -0.05) is 74.1 Å². The Hall–Kier alpha value is -2.85. The molecule has 2 aliphatic rings. The number of thioether (sulfide) groups is 1. The lowest BCUT2D eigenvalue weighted by Gasteiger charge is -2.28. The number of anilines is 1. The van der Waals surface area contributed by atoms with Crippen molar-refractivity contribution in [1.82, 2.24) is 5.32 Å². The fourth-order valence-corrected chi connectivity index (χ4v) is 8.63. The highest BCUT2D eigenvalue weighted by Gasteiger charge is 2.50. The minimum Gasteiger partial charge on any atom is -0.444 e. The summed E-state index contributed by atoms with van der Waals surface area (Å²) in [5.74, 6) is -0.283. The fraction of sp³-hybridized carbons (Fsp3) is 0.464. The van der Waals surface area contributed by atoms with Crippen LogP contribution in [0.2, 0.25) is 0 Å². The number of hydrogen-bond donors (Lipinski definition) is 1. The maximum absolute atomic E-state index is 13.6. The molecule has 2 saturated heterocycles. The number of ether oxygens (including phenoxy) is 1. The lowest BCUT2D eigenvalue weighted by atomic mass is 9.99. The van der Waals surface area contributed by atoms with Crippen LogP contribution in [0, 0.1) is 0 Å². The van der Waals surface area contributed by atoms with Gasteiger partial charge in [0.1, 0.15) is 11.6 Å². The molecule has 10 heteroatoms. The molecular weight excluding hydrogens is 522 g/mol. The second kappa shape index (κ2) is 11.1. The molecule has 1 N–H and O–H groups in total. The van der Waals surface area contributed by atoms with E-state index in [9.17, 15) is 18.0 Å². The molecule has 2 heterocycles. The molecule has 204 valence electrons. The molecule has 8 nitrogen and oxygen atoms in total. The van der Waals surface area contributed by atoms with E-state index in [0.717, 1.165) is 16.8 Å². The van der Waals surface area contributed by atoms with Crippen LogP contribution in [0.4, 0.5) is 10.5 Å². The molecule has 38 heavy (non-hydrogen) atoms. The van der Waals surface area contributed by atoms with Crippen molar-refractivity contribution in [1.29, 1.82) is 0 Å². The third-order valence-electron chi connectivity index (χ3n) is 6.36. The number of benzene rings is 2. The second-order valence-electron chi connectivity index (χ2n) is 11.0. The average Bonchev–Trinajstić information content (AvgIpc) is 3.28. The largest absolute Gasteiger partial charge is 0.444 e. The first kappa shape index (κ1) is 28.2. The number of aliphatic imine (C=N–C) groups is 1. The van der Waals surface area contributed by atoms with Gasteiger partial charge in [0.2, 0.25) is 0 Å². The van der Waals surface area contributed by atoms with Gasteiger partial charge in [0, 0.05) is 17.4 Å². The van der Waals surface area contributed by atoms with Crippen molar-refractivity contribution >= 4 is 44.5 Å². The predicted molar refractivity (Wildman–Crippen MR) is 153 cm³/mol. The number of carbonyl (C=O) groups excluding carboxylic acids is 2. The van der Waals surface area contributed by atoms with E-state index in [4.69, 9.17) is 4.74 Å². The summed E-state index contributed by atoms with van der Waals surface area (Å²) < 4.78 is 30.4. The lowest BCUT2D eigenvalue weighted by Crippen LogP contribution is -2.45. The van der Waals surface area contributed by atoms with Crippen molar-refractivity contribution in [2.45, 2.75) is 69.9 Å². The van der Waals surface area contributed by atoms with Gasteiger partial charge >= 0.3 is 6.09 Å². The molecule has 0 radical (unpaired) electrons. The number of hydrogen-bond acceptors (Lipinski definition) is 6. The number of sulfone groups is 1. The molecule has 2 aliphatic heterocycles. The number of amides is 2. The quantitative estimate of drug-likeness (QED) is 0.556. The summed E-state index contributed by atoms with van der Waals surface area (Å²) in [6.07, 6.45) is -0.458. The standard InChI is InChI=1S/C28H35N3O5S2/c1-18(2)20-13-9-10-14-22(20)31-23-16-38(34,35)17-24(23)37-26(31)30-25(32)21(15-19-11-7-6-8-12-19)29-27(33)36-28(3,4)5/h6-14,18,21,23-24H,15-17H2,1-5H3,(H,29,33)/t21-,23-,24-/m0/s1. The van der Waals surface area contributed by atoms with Crippen molar-refractivity contribution in [2.75, 3.05) is 16.4 Å². The Bertz CT molecular complexity index is 1320. The van der Waals surface area contributed by atoms with E-state index in [2.05, 4.69) is 24.2 Å². The number of nitrogens with one attached hydrogen (secondary N) is 1. The molecular formula is C28H35N3O5S2. The number of fused-ring (bicyclic) bond motifs is 1. The summed E-state index contributed by atoms with van der Waals surface area (Å²) >= 11 is 1.32. The van der Waals surface area contributed by atoms with Crippen LogP contribution in [0.1, 0.15) is 51.7 Å². The van der Waals surface area contributed by atoms with Gasteiger partial charge in [-0.3, -0.25) is 4.79 Å². The van der Waals surface area contributed by atoms with E-state index in [1.807, 2.05) is 59.5 Å². The van der Waals surface area contributed by atoms with E-state index in [1.165, 1.54) is 11.8 Å². The number of para-hydroxylation sites is 1. The van der Waals surface area contributed by atoms with Gasteiger partial charge in [-0.2, -0.15) is 4.99 Å². The number of amidine groups is 1. The summed E-state index contributed by atoms with van der Waals surface area (Å²) in [5, 5.41) is 2.93. The van der Waals surface area contributed by atoms with Gasteiger partial charge < -0.3 is 15.0 Å². The summed E-state index contributed by atoms with van der Waals surface area (Å²) in [7, 11) is -3.20. The van der Waals surface area contributed by atoms with Crippen molar-refractivity contribution in [3.05, 3.63) is 65.7 Å². The molecule has 0 aromatic heterocycles. The first-order valence-electron chi connectivity index (χ1n) is 12.7. The topological polar surface area (TPSA) is 105 Å². The monoisotopic (exact) mass is 557 g/mol. The van der Waals surface area contributed by atoms with Crippen molar-refractivity contribution in [3.63, 3.8) is 0 Å². The molecule has 3 atom stereocenters. The average molecular weight is 558 g/mol. The van der Waals surface area contributed by atoms with Gasteiger partial charge in [-0.15, -0.1) is 0 Å². The molecule has 0 aliphatic carbocycles. The van der Waals surface area contributed by atoms with Crippen LogP contribution in [-0.4, -0.2) is 60.0 Å². The van der Waals surface area contributed by atoms with Crippen molar-refractivity contribution in [2.24, 2.45) is 4.99 Å². The summed E-state index contributed by atoms with van der Waals surface area (Å²) in [4.78, 5) is 32.7. The first-order valence-corrected chi connectivity index (χ1v) is 15.4. The summed E-state index contributed by atoms with van der Waals surface area (Å²) in [5.41, 5.74) is 2.04. The normalized spacial score (nSPS) is 22.4. The minimum absolute atomic E-state index is 0.00785. The zero-order valence-electron chi connectivity index (χ0n) is 22.4. The van der Waals surface area contributed by atoms with Gasteiger partial charge in [0.25, 0.3) is 5.91 Å². The Kier molecular flexibility index (Phi) is 8.23. The van der Waals surface area contributed by atoms with E-state index < -0.39 is 33.5 Å². The van der Waals surface area contributed by atoms with Gasteiger partial charge in [0.15, 0.2) is 15.0 Å². The molecule has 0 spiro atoms. The Morgan fingerprint density at radius 1 is 1.08 bits per heavy atom. The third-order valence-corrected chi connectivity index (χ3v) is 9.57. The van der Waals surface area contributed by atoms with Gasteiger partial charge in [0.05, 0.1) is 17.5 Å². The SMILES string of the molecule is CC(C)c1ccccc1N1C(=NC(=O)[C@H](Cc2ccccc2)NC(=O)OC(C)(C)C)S[C@H]2CS(=O)(=O)C[C@@H]21. The minimum atomic E-state index is -3.20. The van der Waals surface area contributed by atoms with Crippen LogP contribution < -0.4 is 10.2 Å². The molecule has 2 fully saturated rings. The smallest absolute Gasteiger partial charge is 0.408 e.